The summed E-state index contributed by atoms with van der Waals surface area (Å²) < 4.78 is 24.9. The Labute approximate surface area is 190 Å². The fourth-order valence-electron chi connectivity index (χ4n) is 3.78. The van der Waals surface area contributed by atoms with Gasteiger partial charge in [-0.1, -0.05) is 42.5 Å². The lowest BCUT2D eigenvalue weighted by Gasteiger charge is -2.32. The van der Waals surface area contributed by atoms with E-state index in [1.807, 2.05) is 61.6 Å². The van der Waals surface area contributed by atoms with Gasteiger partial charge in [0.1, 0.15) is 0 Å². The molecule has 0 radical (unpaired) electrons. The van der Waals surface area contributed by atoms with Crippen molar-refractivity contribution in [3.05, 3.63) is 65.7 Å². The highest BCUT2D eigenvalue weighted by Crippen LogP contribution is 2.23. The Balaban J connectivity index is 1.59. The summed E-state index contributed by atoms with van der Waals surface area (Å²) in [5, 5.41) is 13.0. The highest BCUT2D eigenvalue weighted by atomic mass is 32.2. The first kappa shape index (κ1) is 24.2. The number of likely N-dealkylation sites (tertiary alicyclic amines) is 1. The Morgan fingerprint density at radius 2 is 1.88 bits per heavy atom. The van der Waals surface area contributed by atoms with Crippen LogP contribution in [0.3, 0.4) is 0 Å². The second-order valence-electron chi connectivity index (χ2n) is 8.28. The van der Waals surface area contributed by atoms with Gasteiger partial charge in [-0.15, -0.1) is 0 Å². The summed E-state index contributed by atoms with van der Waals surface area (Å²) in [7, 11) is -1.43. The van der Waals surface area contributed by atoms with Crippen LogP contribution in [-0.2, 0) is 21.4 Å². The van der Waals surface area contributed by atoms with Gasteiger partial charge in [0.15, 0.2) is 0 Å². The number of anilines is 1. The number of benzene rings is 2. The fraction of sp³-hybridized carbons (Fsp3) is 0.435. The number of likely N-dealkylation sites (N-methyl/N-ethyl adjacent to an activating group) is 1. The van der Waals surface area contributed by atoms with Crippen LogP contribution in [0.15, 0.2) is 54.6 Å². The number of hydrogen-bond acceptors (Lipinski definition) is 6. The average Bonchev–Trinajstić information content (AvgIpc) is 3.19. The molecule has 1 heterocycles. The summed E-state index contributed by atoms with van der Waals surface area (Å²) in [6.07, 6.45) is 1.58. The first-order valence-electron chi connectivity index (χ1n) is 10.7. The third kappa shape index (κ3) is 7.30. The lowest BCUT2D eigenvalue weighted by Crippen LogP contribution is -2.41. The van der Waals surface area contributed by atoms with Crippen LogP contribution >= 0.6 is 0 Å². The van der Waals surface area contributed by atoms with Gasteiger partial charge in [0.25, 0.3) is 0 Å². The first-order chi connectivity index (χ1) is 15.2. The maximum absolute atomic E-state index is 13.0. The van der Waals surface area contributed by atoms with E-state index >= 15 is 0 Å². The van der Waals surface area contributed by atoms with Crippen molar-refractivity contribution >= 4 is 21.6 Å². The van der Waals surface area contributed by atoms with Crippen molar-refractivity contribution in [2.24, 2.45) is 0 Å². The molecule has 0 bridgehead atoms. The Bertz CT molecular complexity index is 983. The molecule has 1 aliphatic heterocycles. The van der Waals surface area contributed by atoms with Crippen molar-refractivity contribution in [1.82, 2.24) is 14.5 Å². The Morgan fingerprint density at radius 3 is 2.47 bits per heavy atom. The van der Waals surface area contributed by atoms with Gasteiger partial charge in [0.05, 0.1) is 24.9 Å². The van der Waals surface area contributed by atoms with E-state index < -0.39 is 10.0 Å². The molecule has 174 valence electrons. The minimum atomic E-state index is -3.24. The van der Waals surface area contributed by atoms with E-state index in [-0.39, 0.29) is 31.1 Å². The van der Waals surface area contributed by atoms with Gasteiger partial charge in [-0.25, -0.2) is 13.1 Å². The van der Waals surface area contributed by atoms with Crippen molar-refractivity contribution in [3.8, 4) is 0 Å². The number of nitrogens with one attached hydrogen (secondary N) is 2. The van der Waals surface area contributed by atoms with Gasteiger partial charge in [0, 0.05) is 38.9 Å². The topological polar surface area (TPSA) is 102 Å². The largest absolute Gasteiger partial charge is 0.392 e. The van der Waals surface area contributed by atoms with Gasteiger partial charge in [0.2, 0.25) is 15.9 Å². The Hall–Kier alpha value is -2.46. The van der Waals surface area contributed by atoms with Gasteiger partial charge < -0.3 is 15.3 Å². The number of rotatable bonds is 10. The molecular formula is C23H32N4O4S. The molecule has 0 aromatic heterocycles. The maximum atomic E-state index is 13.0. The van der Waals surface area contributed by atoms with Gasteiger partial charge in [-0.05, 0) is 29.7 Å². The normalized spacial score (nSPS) is 17.8. The van der Waals surface area contributed by atoms with Crippen LogP contribution in [0.2, 0.25) is 0 Å². The molecule has 0 aliphatic carbocycles. The summed E-state index contributed by atoms with van der Waals surface area (Å²) in [6.45, 7) is 2.49. The van der Waals surface area contributed by atoms with Crippen molar-refractivity contribution < 1.29 is 18.3 Å². The number of carbonyl (C=O) groups excluding carboxylic acids is 1. The van der Waals surface area contributed by atoms with E-state index in [1.54, 1.807) is 4.90 Å². The van der Waals surface area contributed by atoms with Crippen molar-refractivity contribution in [1.29, 1.82) is 0 Å². The molecular weight excluding hydrogens is 428 g/mol. The first-order valence-corrected chi connectivity index (χ1v) is 12.6. The molecule has 32 heavy (non-hydrogen) atoms. The number of β-amino-alcohol motifs (C(OH)–C–C–N with tert-alkyl or cyclic N) is 1. The average molecular weight is 461 g/mol. The monoisotopic (exact) mass is 460 g/mol. The molecule has 9 heteroatoms. The zero-order valence-electron chi connectivity index (χ0n) is 18.6. The van der Waals surface area contributed by atoms with Gasteiger partial charge in [-0.3, -0.25) is 9.69 Å². The van der Waals surface area contributed by atoms with Gasteiger partial charge >= 0.3 is 0 Å². The lowest BCUT2D eigenvalue weighted by molar-refractivity contribution is -0.130. The second kappa shape index (κ2) is 10.9. The third-order valence-corrected chi connectivity index (χ3v) is 6.33. The number of hydrogen-bond donors (Lipinski definition) is 3. The zero-order valence-corrected chi connectivity index (χ0v) is 19.4. The highest BCUT2D eigenvalue weighted by Gasteiger charge is 2.27. The summed E-state index contributed by atoms with van der Waals surface area (Å²) in [5.41, 5.74) is 2.68. The molecule has 1 aliphatic rings. The molecule has 1 amide bonds. The molecule has 1 fully saturated rings. The predicted molar refractivity (Wildman–Crippen MR) is 126 cm³/mol. The standard InChI is InChI=1S/C23H32N4O4S/c1-26(22(19-6-4-3-5-7-19)17-27-13-12-21(28)16-27)23(29)15-24-20-10-8-18(9-11-20)14-25-32(2,30)31/h3-11,21-22,24-25,28H,12-17H2,1-2H3/t21?,22-/m1/s1. The predicted octanol–water partition coefficient (Wildman–Crippen LogP) is 1.41. The lowest BCUT2D eigenvalue weighted by atomic mass is 10.0. The van der Waals surface area contributed by atoms with Crippen LogP contribution in [-0.4, -0.2) is 74.8 Å². The number of aliphatic hydroxyl groups excluding tert-OH is 1. The summed E-state index contributed by atoms with van der Waals surface area (Å²) in [6, 6.07) is 17.1. The number of sulfonamides is 1. The van der Waals surface area contributed by atoms with Crippen molar-refractivity contribution in [2.75, 3.05) is 44.8 Å². The van der Waals surface area contributed by atoms with Crippen LogP contribution in [0.25, 0.3) is 0 Å². The van der Waals surface area contributed by atoms with Crippen molar-refractivity contribution in [3.63, 3.8) is 0 Å². The van der Waals surface area contributed by atoms with Crippen LogP contribution < -0.4 is 10.0 Å². The second-order valence-corrected chi connectivity index (χ2v) is 10.1. The van der Waals surface area contributed by atoms with E-state index in [0.29, 0.717) is 13.1 Å². The molecule has 8 nitrogen and oxygen atoms in total. The SMILES string of the molecule is CN(C(=O)CNc1ccc(CNS(C)(=O)=O)cc1)[C@H](CN1CCC(O)C1)c1ccccc1. The number of nitrogens with zero attached hydrogens (tertiary/aromatic N) is 2. The molecule has 3 rings (SSSR count). The smallest absolute Gasteiger partial charge is 0.242 e. The quantitative estimate of drug-likeness (QED) is 0.496. The van der Waals surface area contributed by atoms with E-state index in [9.17, 15) is 18.3 Å². The maximum Gasteiger partial charge on any atom is 0.242 e. The number of carbonyl (C=O) groups is 1. The van der Waals surface area contributed by atoms with E-state index in [2.05, 4.69) is 14.9 Å². The van der Waals surface area contributed by atoms with E-state index in [1.165, 1.54) is 0 Å². The molecule has 2 aromatic carbocycles. The van der Waals surface area contributed by atoms with Crippen molar-refractivity contribution in [2.45, 2.75) is 25.1 Å². The molecule has 1 saturated heterocycles. The number of aliphatic hydroxyl groups is 1. The van der Waals surface area contributed by atoms with Crippen LogP contribution in [0.4, 0.5) is 5.69 Å². The highest BCUT2D eigenvalue weighted by molar-refractivity contribution is 7.88. The minimum absolute atomic E-state index is 0.0404. The summed E-state index contributed by atoms with van der Waals surface area (Å²) in [5.74, 6) is -0.0404. The molecule has 0 spiro atoms. The Morgan fingerprint density at radius 1 is 1.19 bits per heavy atom. The van der Waals surface area contributed by atoms with Crippen LogP contribution in [0.5, 0.6) is 0 Å². The third-order valence-electron chi connectivity index (χ3n) is 5.66. The zero-order chi connectivity index (χ0) is 23.1. The van der Waals surface area contributed by atoms with Crippen LogP contribution in [0.1, 0.15) is 23.6 Å². The molecule has 0 saturated carbocycles. The van der Waals surface area contributed by atoms with E-state index in [0.717, 1.165) is 36.0 Å². The molecule has 3 N–H and O–H groups in total. The van der Waals surface area contributed by atoms with E-state index in [4.69, 9.17) is 0 Å². The van der Waals surface area contributed by atoms with Crippen LogP contribution in [0, 0.1) is 0 Å². The Kier molecular flexibility index (Phi) is 8.25. The molecule has 2 atom stereocenters. The summed E-state index contributed by atoms with van der Waals surface area (Å²) in [4.78, 5) is 16.9. The minimum Gasteiger partial charge on any atom is -0.392 e. The fourth-order valence-corrected chi connectivity index (χ4v) is 4.21. The van der Waals surface area contributed by atoms with Gasteiger partial charge in [-0.2, -0.15) is 0 Å². The molecule has 2 aromatic rings. The summed E-state index contributed by atoms with van der Waals surface area (Å²) >= 11 is 0. The molecule has 1 unspecified atom stereocenters. The number of amides is 1.